The number of methoxy groups -OCH3 is 2. The van der Waals surface area contributed by atoms with Crippen molar-refractivity contribution in [2.45, 2.75) is 20.4 Å². The van der Waals surface area contributed by atoms with Gasteiger partial charge < -0.3 is 14.8 Å². The van der Waals surface area contributed by atoms with Gasteiger partial charge in [-0.1, -0.05) is 6.07 Å². The van der Waals surface area contributed by atoms with E-state index in [0.29, 0.717) is 35.1 Å². The van der Waals surface area contributed by atoms with E-state index >= 15 is 0 Å². The van der Waals surface area contributed by atoms with Gasteiger partial charge in [-0.3, -0.25) is 24.3 Å². The number of aryl methyl sites for hydroxylation is 2. The zero-order valence-corrected chi connectivity index (χ0v) is 17.3. The van der Waals surface area contributed by atoms with Crippen molar-refractivity contribution in [3.63, 3.8) is 0 Å². The van der Waals surface area contributed by atoms with Crippen LogP contribution in [-0.2, 0) is 13.6 Å². The number of carbonyl (C=O) groups is 1. The van der Waals surface area contributed by atoms with E-state index in [1.54, 1.807) is 25.8 Å². The number of nitro groups is 1. The molecule has 0 spiro atoms. The highest BCUT2D eigenvalue weighted by atomic mass is 16.6. The summed E-state index contributed by atoms with van der Waals surface area (Å²) in [6, 6.07) is 5.56. The highest BCUT2D eigenvalue weighted by molar-refractivity contribution is 6.06. The molecule has 3 aromatic rings. The zero-order valence-electron chi connectivity index (χ0n) is 17.3. The van der Waals surface area contributed by atoms with Gasteiger partial charge in [0.25, 0.3) is 5.91 Å². The molecular formula is C19H22N6O5. The smallest absolute Gasteiger partial charge is 0.320 e. The summed E-state index contributed by atoms with van der Waals surface area (Å²) in [5, 5.41) is 22.2. The van der Waals surface area contributed by atoms with Crippen molar-refractivity contribution in [3.05, 3.63) is 57.2 Å². The molecule has 0 aliphatic heterocycles. The molecule has 0 aliphatic rings. The SMILES string of the molecule is COc1ccc(Cn2nc(C)c(NC(=O)c3c([N+](=O)[O-])cnn3C)c2C)cc1OC. The average molecular weight is 414 g/mol. The van der Waals surface area contributed by atoms with Crippen molar-refractivity contribution >= 4 is 17.3 Å². The maximum Gasteiger partial charge on any atom is 0.320 e. The first kappa shape index (κ1) is 20.8. The van der Waals surface area contributed by atoms with Crippen molar-refractivity contribution in [2.75, 3.05) is 19.5 Å². The second-order valence-corrected chi connectivity index (χ2v) is 6.61. The van der Waals surface area contributed by atoms with Crippen LogP contribution in [0.1, 0.15) is 27.4 Å². The number of benzene rings is 1. The fraction of sp³-hybridized carbons (Fsp3) is 0.316. The van der Waals surface area contributed by atoms with Crippen LogP contribution < -0.4 is 14.8 Å². The number of anilines is 1. The molecule has 1 amide bonds. The predicted molar refractivity (Wildman–Crippen MR) is 108 cm³/mol. The Balaban J connectivity index is 1.87. The fourth-order valence-electron chi connectivity index (χ4n) is 3.18. The third-order valence-corrected chi connectivity index (χ3v) is 4.73. The Morgan fingerprint density at radius 2 is 1.93 bits per heavy atom. The normalized spacial score (nSPS) is 10.7. The first-order chi connectivity index (χ1) is 14.3. The Morgan fingerprint density at radius 1 is 1.23 bits per heavy atom. The molecule has 0 bridgehead atoms. The highest BCUT2D eigenvalue weighted by Crippen LogP contribution is 2.29. The van der Waals surface area contributed by atoms with E-state index in [1.165, 1.54) is 11.7 Å². The molecule has 1 aromatic carbocycles. The molecule has 3 rings (SSSR count). The summed E-state index contributed by atoms with van der Waals surface area (Å²) >= 11 is 0. The molecule has 2 aromatic heterocycles. The molecule has 30 heavy (non-hydrogen) atoms. The van der Waals surface area contributed by atoms with Crippen LogP contribution >= 0.6 is 0 Å². The maximum absolute atomic E-state index is 12.7. The van der Waals surface area contributed by atoms with Crippen molar-refractivity contribution in [1.29, 1.82) is 0 Å². The lowest BCUT2D eigenvalue weighted by Gasteiger charge is -2.11. The third-order valence-electron chi connectivity index (χ3n) is 4.73. The maximum atomic E-state index is 12.7. The summed E-state index contributed by atoms with van der Waals surface area (Å²) in [4.78, 5) is 23.2. The third kappa shape index (κ3) is 3.81. The van der Waals surface area contributed by atoms with Gasteiger partial charge >= 0.3 is 5.69 Å². The molecule has 11 heteroatoms. The minimum Gasteiger partial charge on any atom is -0.493 e. The number of hydrogen-bond acceptors (Lipinski definition) is 7. The van der Waals surface area contributed by atoms with E-state index in [4.69, 9.17) is 9.47 Å². The van der Waals surface area contributed by atoms with Gasteiger partial charge in [-0.2, -0.15) is 10.2 Å². The number of ether oxygens (including phenoxy) is 2. The van der Waals surface area contributed by atoms with Crippen LogP contribution in [0.15, 0.2) is 24.4 Å². The number of nitrogens with zero attached hydrogens (tertiary/aromatic N) is 5. The van der Waals surface area contributed by atoms with Crippen LogP contribution in [0.4, 0.5) is 11.4 Å². The summed E-state index contributed by atoms with van der Waals surface area (Å²) < 4.78 is 13.5. The van der Waals surface area contributed by atoms with Gasteiger partial charge in [-0.25, -0.2) is 0 Å². The van der Waals surface area contributed by atoms with Gasteiger partial charge in [0.2, 0.25) is 5.69 Å². The van der Waals surface area contributed by atoms with E-state index in [1.807, 2.05) is 25.1 Å². The Bertz CT molecular complexity index is 1120. The molecule has 0 aliphatic carbocycles. The topological polar surface area (TPSA) is 126 Å². The number of hydrogen-bond donors (Lipinski definition) is 1. The molecule has 11 nitrogen and oxygen atoms in total. The first-order valence-corrected chi connectivity index (χ1v) is 8.99. The molecule has 0 fully saturated rings. The molecule has 0 unspecified atom stereocenters. The lowest BCUT2D eigenvalue weighted by Crippen LogP contribution is -2.18. The lowest BCUT2D eigenvalue weighted by atomic mass is 10.2. The Kier molecular flexibility index (Phi) is 5.72. The van der Waals surface area contributed by atoms with E-state index in [-0.39, 0.29) is 11.4 Å². The van der Waals surface area contributed by atoms with Gasteiger partial charge in [0, 0.05) is 7.05 Å². The number of carbonyl (C=O) groups excluding carboxylic acids is 1. The molecular weight excluding hydrogens is 392 g/mol. The van der Waals surface area contributed by atoms with Crippen LogP contribution in [0.2, 0.25) is 0 Å². The summed E-state index contributed by atoms with van der Waals surface area (Å²) in [7, 11) is 4.61. The van der Waals surface area contributed by atoms with Gasteiger partial charge in [-0.05, 0) is 31.5 Å². The largest absolute Gasteiger partial charge is 0.493 e. The molecule has 0 saturated heterocycles. The van der Waals surface area contributed by atoms with Crippen molar-refractivity contribution in [2.24, 2.45) is 7.05 Å². The highest BCUT2D eigenvalue weighted by Gasteiger charge is 2.27. The molecule has 0 saturated carbocycles. The quantitative estimate of drug-likeness (QED) is 0.465. The number of amides is 1. The lowest BCUT2D eigenvalue weighted by molar-refractivity contribution is -0.385. The van der Waals surface area contributed by atoms with E-state index in [2.05, 4.69) is 15.5 Å². The van der Waals surface area contributed by atoms with E-state index < -0.39 is 10.8 Å². The fourth-order valence-corrected chi connectivity index (χ4v) is 3.18. The van der Waals surface area contributed by atoms with Gasteiger partial charge in [0.05, 0.1) is 42.8 Å². The average Bonchev–Trinajstić information content (AvgIpc) is 3.23. The molecule has 158 valence electrons. The summed E-state index contributed by atoms with van der Waals surface area (Å²) in [6.45, 7) is 4.01. The number of aromatic nitrogens is 4. The minimum atomic E-state index is -0.637. The Labute approximate surface area is 172 Å². The standard InChI is InChI=1S/C19H22N6O5/c1-11-17(21-19(26)18-14(25(27)28)9-20-23(18)3)12(2)24(22-11)10-13-6-7-15(29-4)16(8-13)30-5/h6-9H,10H2,1-5H3,(H,21,26). The predicted octanol–water partition coefficient (Wildman–Crippen LogP) is 2.46. The van der Waals surface area contributed by atoms with E-state index in [9.17, 15) is 14.9 Å². The minimum absolute atomic E-state index is 0.133. The Hall–Kier alpha value is -3.89. The van der Waals surface area contributed by atoms with Gasteiger partial charge in [-0.15, -0.1) is 0 Å². The second kappa shape index (κ2) is 8.23. The van der Waals surface area contributed by atoms with Crippen LogP contribution in [0.3, 0.4) is 0 Å². The number of rotatable bonds is 7. The van der Waals surface area contributed by atoms with Gasteiger partial charge in [0.15, 0.2) is 11.5 Å². The van der Waals surface area contributed by atoms with Crippen LogP contribution in [0.5, 0.6) is 11.5 Å². The molecule has 0 atom stereocenters. The van der Waals surface area contributed by atoms with Crippen LogP contribution in [0.25, 0.3) is 0 Å². The van der Waals surface area contributed by atoms with Gasteiger partial charge in [0.1, 0.15) is 6.20 Å². The van der Waals surface area contributed by atoms with Crippen molar-refractivity contribution in [1.82, 2.24) is 19.6 Å². The van der Waals surface area contributed by atoms with Crippen molar-refractivity contribution < 1.29 is 19.2 Å². The second-order valence-electron chi connectivity index (χ2n) is 6.61. The molecule has 0 radical (unpaired) electrons. The van der Waals surface area contributed by atoms with Crippen LogP contribution in [0, 0.1) is 24.0 Å². The monoisotopic (exact) mass is 414 g/mol. The number of nitrogens with one attached hydrogen (secondary N) is 1. The first-order valence-electron chi connectivity index (χ1n) is 8.99. The summed E-state index contributed by atoms with van der Waals surface area (Å²) in [5.74, 6) is 0.604. The van der Waals surface area contributed by atoms with E-state index in [0.717, 1.165) is 11.8 Å². The molecule has 2 heterocycles. The molecule has 1 N–H and O–H groups in total. The summed E-state index contributed by atoms with van der Waals surface area (Å²) in [6.07, 6.45) is 1.05. The zero-order chi connectivity index (χ0) is 22.0. The van der Waals surface area contributed by atoms with Crippen molar-refractivity contribution in [3.8, 4) is 11.5 Å². The Morgan fingerprint density at radius 3 is 2.57 bits per heavy atom. The van der Waals surface area contributed by atoms with Crippen LogP contribution in [-0.4, -0.2) is 44.6 Å². The summed E-state index contributed by atoms with van der Waals surface area (Å²) in [5.41, 5.74) is 2.23.